The van der Waals surface area contributed by atoms with Crippen molar-refractivity contribution in [2.24, 2.45) is 5.73 Å². The van der Waals surface area contributed by atoms with Crippen LogP contribution in [0.5, 0.6) is 0 Å². The van der Waals surface area contributed by atoms with Gasteiger partial charge in [-0.05, 0) is 5.56 Å². The average Bonchev–Trinajstić information content (AvgIpc) is 2.27. The molecular formula is C12H15NO2. The summed E-state index contributed by atoms with van der Waals surface area (Å²) in [7, 11) is 1.36. The van der Waals surface area contributed by atoms with E-state index in [4.69, 9.17) is 5.73 Å². The highest BCUT2D eigenvalue weighted by atomic mass is 16.5. The zero-order valence-electron chi connectivity index (χ0n) is 8.72. The monoisotopic (exact) mass is 205 g/mol. The summed E-state index contributed by atoms with van der Waals surface area (Å²) in [6.07, 6.45) is 3.90. The molecule has 15 heavy (non-hydrogen) atoms. The molecule has 1 aromatic rings. The predicted octanol–water partition coefficient (Wildman–Crippen LogP) is 1.59. The first-order valence-corrected chi connectivity index (χ1v) is 4.78. The molecule has 0 bridgehead atoms. The van der Waals surface area contributed by atoms with E-state index in [1.807, 2.05) is 36.4 Å². The molecule has 2 N–H and O–H groups in total. The number of methoxy groups -OCH3 is 1. The van der Waals surface area contributed by atoms with Crippen molar-refractivity contribution in [1.82, 2.24) is 0 Å². The van der Waals surface area contributed by atoms with Gasteiger partial charge in [0.1, 0.15) is 0 Å². The van der Waals surface area contributed by atoms with Crippen molar-refractivity contribution < 1.29 is 9.53 Å². The second-order valence-electron chi connectivity index (χ2n) is 3.21. The van der Waals surface area contributed by atoms with Crippen LogP contribution in [0, 0.1) is 0 Å². The second kappa shape index (κ2) is 5.98. The van der Waals surface area contributed by atoms with E-state index in [0.29, 0.717) is 0 Å². The number of hydrogen-bond acceptors (Lipinski definition) is 3. The third kappa shape index (κ3) is 4.42. The first kappa shape index (κ1) is 11.5. The minimum Gasteiger partial charge on any atom is -0.469 e. The topological polar surface area (TPSA) is 52.3 Å². The number of rotatable bonds is 4. The van der Waals surface area contributed by atoms with Crippen molar-refractivity contribution in [1.29, 1.82) is 0 Å². The van der Waals surface area contributed by atoms with Crippen LogP contribution in [-0.4, -0.2) is 19.1 Å². The lowest BCUT2D eigenvalue weighted by Gasteiger charge is -2.03. The Morgan fingerprint density at radius 2 is 2.13 bits per heavy atom. The first-order chi connectivity index (χ1) is 7.22. The lowest BCUT2D eigenvalue weighted by atomic mass is 10.1. The summed E-state index contributed by atoms with van der Waals surface area (Å²) in [6.45, 7) is 0. The van der Waals surface area contributed by atoms with E-state index >= 15 is 0 Å². The normalized spacial score (nSPS) is 12.7. The molecule has 0 saturated heterocycles. The summed E-state index contributed by atoms with van der Waals surface area (Å²) in [5, 5.41) is 0. The Balaban J connectivity index is 2.47. The van der Waals surface area contributed by atoms with Crippen LogP contribution in [0.2, 0.25) is 0 Å². The van der Waals surface area contributed by atoms with Crippen molar-refractivity contribution in [2.45, 2.75) is 12.5 Å². The van der Waals surface area contributed by atoms with Gasteiger partial charge in [0.2, 0.25) is 0 Å². The first-order valence-electron chi connectivity index (χ1n) is 4.78. The van der Waals surface area contributed by atoms with Crippen LogP contribution in [0.1, 0.15) is 12.0 Å². The quantitative estimate of drug-likeness (QED) is 0.759. The van der Waals surface area contributed by atoms with Crippen LogP contribution >= 0.6 is 0 Å². The van der Waals surface area contributed by atoms with Crippen LogP contribution < -0.4 is 5.73 Å². The van der Waals surface area contributed by atoms with Gasteiger partial charge in [-0.15, -0.1) is 0 Å². The molecule has 1 atom stereocenters. The number of ether oxygens (including phenoxy) is 1. The Morgan fingerprint density at radius 3 is 2.73 bits per heavy atom. The number of carbonyl (C=O) groups excluding carboxylic acids is 1. The van der Waals surface area contributed by atoms with Gasteiger partial charge < -0.3 is 10.5 Å². The van der Waals surface area contributed by atoms with Gasteiger partial charge in [-0.2, -0.15) is 0 Å². The van der Waals surface area contributed by atoms with Crippen molar-refractivity contribution in [3.63, 3.8) is 0 Å². The zero-order valence-corrected chi connectivity index (χ0v) is 8.72. The van der Waals surface area contributed by atoms with Crippen LogP contribution in [0.3, 0.4) is 0 Å². The standard InChI is InChI=1S/C12H15NO2/c1-15-12(14)9-11(13)8-7-10-5-3-2-4-6-10/h2-8,11H,9,13H2,1H3/b8-7+/t11-/m0/s1. The Labute approximate surface area is 89.5 Å². The molecule has 0 aliphatic rings. The lowest BCUT2D eigenvalue weighted by molar-refractivity contribution is -0.140. The maximum atomic E-state index is 10.9. The smallest absolute Gasteiger partial charge is 0.307 e. The minimum absolute atomic E-state index is 0.208. The van der Waals surface area contributed by atoms with E-state index in [1.54, 1.807) is 6.08 Å². The summed E-state index contributed by atoms with van der Waals surface area (Å²) in [5.41, 5.74) is 6.78. The molecule has 0 spiro atoms. The molecule has 0 aromatic heterocycles. The second-order valence-corrected chi connectivity index (χ2v) is 3.21. The zero-order chi connectivity index (χ0) is 11.1. The van der Waals surface area contributed by atoms with Crippen molar-refractivity contribution in [3.05, 3.63) is 42.0 Å². The molecule has 1 rings (SSSR count). The molecule has 0 heterocycles. The van der Waals surface area contributed by atoms with Gasteiger partial charge >= 0.3 is 5.97 Å². The number of nitrogens with two attached hydrogens (primary N) is 1. The van der Waals surface area contributed by atoms with Crippen molar-refractivity contribution >= 4 is 12.0 Å². The molecular weight excluding hydrogens is 190 g/mol. The van der Waals surface area contributed by atoms with Crippen molar-refractivity contribution in [2.75, 3.05) is 7.11 Å². The molecule has 0 radical (unpaired) electrons. The maximum absolute atomic E-state index is 10.9. The highest BCUT2D eigenvalue weighted by Gasteiger charge is 2.05. The van der Waals surface area contributed by atoms with E-state index in [0.717, 1.165) is 5.56 Å². The van der Waals surface area contributed by atoms with E-state index < -0.39 is 0 Å². The molecule has 1 aromatic carbocycles. The third-order valence-corrected chi connectivity index (χ3v) is 1.97. The third-order valence-electron chi connectivity index (χ3n) is 1.97. The van der Waals surface area contributed by atoms with E-state index in [1.165, 1.54) is 7.11 Å². The molecule has 3 heteroatoms. The number of esters is 1. The summed E-state index contributed by atoms with van der Waals surface area (Å²) < 4.78 is 4.52. The maximum Gasteiger partial charge on any atom is 0.307 e. The molecule has 0 saturated carbocycles. The number of benzene rings is 1. The molecule has 0 aliphatic carbocycles. The fourth-order valence-corrected chi connectivity index (χ4v) is 1.14. The van der Waals surface area contributed by atoms with Crippen LogP contribution in [0.15, 0.2) is 36.4 Å². The highest BCUT2D eigenvalue weighted by Crippen LogP contribution is 2.02. The van der Waals surface area contributed by atoms with Gasteiger partial charge in [0, 0.05) is 6.04 Å². The number of hydrogen-bond donors (Lipinski definition) is 1. The minimum atomic E-state index is -0.294. The van der Waals surface area contributed by atoms with Gasteiger partial charge in [-0.1, -0.05) is 42.5 Å². The molecule has 0 unspecified atom stereocenters. The van der Waals surface area contributed by atoms with Crippen LogP contribution in [-0.2, 0) is 9.53 Å². The van der Waals surface area contributed by atoms with Crippen LogP contribution in [0.4, 0.5) is 0 Å². The summed E-state index contributed by atoms with van der Waals surface area (Å²) >= 11 is 0. The Kier molecular flexibility index (Phi) is 4.57. The summed E-state index contributed by atoms with van der Waals surface area (Å²) in [6, 6.07) is 9.50. The SMILES string of the molecule is COC(=O)C[C@@H](N)/C=C/c1ccccc1. The van der Waals surface area contributed by atoms with Crippen molar-refractivity contribution in [3.8, 4) is 0 Å². The Morgan fingerprint density at radius 1 is 1.47 bits per heavy atom. The molecule has 0 amide bonds. The van der Waals surface area contributed by atoms with Gasteiger partial charge in [0.25, 0.3) is 0 Å². The van der Waals surface area contributed by atoms with Gasteiger partial charge in [0.15, 0.2) is 0 Å². The predicted molar refractivity (Wildman–Crippen MR) is 60.1 cm³/mol. The van der Waals surface area contributed by atoms with E-state index in [9.17, 15) is 4.79 Å². The van der Waals surface area contributed by atoms with Gasteiger partial charge in [-0.25, -0.2) is 0 Å². The molecule has 0 fully saturated rings. The fourth-order valence-electron chi connectivity index (χ4n) is 1.14. The molecule has 80 valence electrons. The van der Waals surface area contributed by atoms with Gasteiger partial charge in [0.05, 0.1) is 13.5 Å². The van der Waals surface area contributed by atoms with Crippen LogP contribution in [0.25, 0.3) is 6.08 Å². The summed E-state index contributed by atoms with van der Waals surface area (Å²) in [4.78, 5) is 10.9. The lowest BCUT2D eigenvalue weighted by Crippen LogP contribution is -2.21. The molecule has 0 aliphatic heterocycles. The average molecular weight is 205 g/mol. The Bertz CT molecular complexity index is 333. The molecule has 3 nitrogen and oxygen atoms in total. The highest BCUT2D eigenvalue weighted by molar-refractivity contribution is 5.70. The van der Waals surface area contributed by atoms with E-state index in [2.05, 4.69) is 4.74 Å². The van der Waals surface area contributed by atoms with Gasteiger partial charge in [-0.3, -0.25) is 4.79 Å². The number of carbonyl (C=O) groups is 1. The summed E-state index contributed by atoms with van der Waals surface area (Å²) in [5.74, 6) is -0.291. The largest absolute Gasteiger partial charge is 0.469 e. The Hall–Kier alpha value is -1.61. The fraction of sp³-hybridized carbons (Fsp3) is 0.250. The van der Waals surface area contributed by atoms with E-state index in [-0.39, 0.29) is 18.4 Å².